The molecule has 1 fully saturated rings. The standard InChI is InChI=1S/C16H20N2O2/c19-11-12-8-16(20)18(10-12)7-3-4-13-9-17-15-6-2-1-5-14(13)15/h1-2,5-6,9,12,17,19H,3-4,7-8,10-11H2. The average molecular weight is 272 g/mol. The number of benzene rings is 1. The van der Waals surface area contributed by atoms with Gasteiger partial charge >= 0.3 is 0 Å². The second-order valence-electron chi connectivity index (χ2n) is 5.56. The Morgan fingerprint density at radius 3 is 3.00 bits per heavy atom. The van der Waals surface area contributed by atoms with E-state index in [9.17, 15) is 4.79 Å². The molecule has 2 aromatic rings. The molecular weight excluding hydrogens is 252 g/mol. The van der Waals surface area contributed by atoms with Gasteiger partial charge in [-0.15, -0.1) is 0 Å². The van der Waals surface area contributed by atoms with Gasteiger partial charge < -0.3 is 15.0 Å². The van der Waals surface area contributed by atoms with E-state index in [1.54, 1.807) is 0 Å². The van der Waals surface area contributed by atoms with Crippen LogP contribution in [0.5, 0.6) is 0 Å². The van der Waals surface area contributed by atoms with E-state index in [1.807, 2.05) is 11.0 Å². The van der Waals surface area contributed by atoms with Gasteiger partial charge in [-0.3, -0.25) is 4.79 Å². The fourth-order valence-electron chi connectivity index (χ4n) is 2.99. The highest BCUT2D eigenvalue weighted by atomic mass is 16.3. The summed E-state index contributed by atoms with van der Waals surface area (Å²) in [6.07, 6.45) is 4.50. The van der Waals surface area contributed by atoms with Gasteiger partial charge in [0, 0.05) is 49.1 Å². The summed E-state index contributed by atoms with van der Waals surface area (Å²) in [6.45, 7) is 1.61. The van der Waals surface area contributed by atoms with Crippen LogP contribution < -0.4 is 0 Å². The molecule has 1 atom stereocenters. The second kappa shape index (κ2) is 5.67. The number of nitrogens with zero attached hydrogens (tertiary/aromatic N) is 1. The molecule has 0 radical (unpaired) electrons. The predicted molar refractivity (Wildman–Crippen MR) is 78.4 cm³/mol. The maximum absolute atomic E-state index is 11.8. The summed E-state index contributed by atoms with van der Waals surface area (Å²) in [6, 6.07) is 8.29. The summed E-state index contributed by atoms with van der Waals surface area (Å²) >= 11 is 0. The Morgan fingerprint density at radius 2 is 2.20 bits per heavy atom. The van der Waals surface area contributed by atoms with E-state index in [4.69, 9.17) is 5.11 Å². The number of H-pyrrole nitrogens is 1. The monoisotopic (exact) mass is 272 g/mol. The smallest absolute Gasteiger partial charge is 0.223 e. The van der Waals surface area contributed by atoms with Gasteiger partial charge in [-0.2, -0.15) is 0 Å². The molecule has 1 aromatic carbocycles. The van der Waals surface area contributed by atoms with Crippen molar-refractivity contribution in [3.63, 3.8) is 0 Å². The van der Waals surface area contributed by atoms with Crippen molar-refractivity contribution in [3.05, 3.63) is 36.0 Å². The number of fused-ring (bicyclic) bond motifs is 1. The molecular formula is C16H20N2O2. The molecule has 0 bridgehead atoms. The molecule has 1 aromatic heterocycles. The Labute approximate surface area is 118 Å². The van der Waals surface area contributed by atoms with Crippen molar-refractivity contribution >= 4 is 16.8 Å². The quantitative estimate of drug-likeness (QED) is 0.874. The van der Waals surface area contributed by atoms with Crippen molar-refractivity contribution in [1.82, 2.24) is 9.88 Å². The normalized spacial score (nSPS) is 19.1. The van der Waals surface area contributed by atoms with Crippen molar-refractivity contribution in [1.29, 1.82) is 0 Å². The van der Waals surface area contributed by atoms with Gasteiger partial charge in [-0.1, -0.05) is 18.2 Å². The number of hydrogen-bond acceptors (Lipinski definition) is 2. The lowest BCUT2D eigenvalue weighted by Crippen LogP contribution is -2.26. The van der Waals surface area contributed by atoms with Gasteiger partial charge in [0.25, 0.3) is 0 Å². The van der Waals surface area contributed by atoms with E-state index in [0.717, 1.165) is 19.4 Å². The maximum Gasteiger partial charge on any atom is 0.223 e. The van der Waals surface area contributed by atoms with Crippen LogP contribution in [0, 0.1) is 5.92 Å². The SMILES string of the molecule is O=C1CC(CO)CN1CCCc1c[nH]c2ccccc12. The first-order chi connectivity index (χ1) is 9.78. The second-order valence-corrected chi connectivity index (χ2v) is 5.56. The van der Waals surface area contributed by atoms with Crippen LogP contribution in [0.3, 0.4) is 0 Å². The van der Waals surface area contributed by atoms with Crippen molar-refractivity contribution in [2.24, 2.45) is 5.92 Å². The van der Waals surface area contributed by atoms with Crippen LogP contribution in [0.15, 0.2) is 30.5 Å². The number of aromatic nitrogens is 1. The van der Waals surface area contributed by atoms with Crippen LogP contribution in [-0.2, 0) is 11.2 Å². The minimum Gasteiger partial charge on any atom is -0.396 e. The minimum absolute atomic E-state index is 0.116. The molecule has 0 aliphatic carbocycles. The molecule has 1 saturated heterocycles. The highest BCUT2D eigenvalue weighted by molar-refractivity contribution is 5.83. The molecule has 0 saturated carbocycles. The third-order valence-corrected chi connectivity index (χ3v) is 4.10. The fourth-order valence-corrected chi connectivity index (χ4v) is 2.99. The molecule has 1 unspecified atom stereocenters. The molecule has 2 N–H and O–H groups in total. The van der Waals surface area contributed by atoms with Gasteiger partial charge in [0.2, 0.25) is 5.91 Å². The third kappa shape index (κ3) is 2.56. The lowest BCUT2D eigenvalue weighted by Gasteiger charge is -2.15. The van der Waals surface area contributed by atoms with Gasteiger partial charge in [0.1, 0.15) is 0 Å². The van der Waals surface area contributed by atoms with Crippen LogP contribution in [0.2, 0.25) is 0 Å². The summed E-state index contributed by atoms with van der Waals surface area (Å²) in [7, 11) is 0. The topological polar surface area (TPSA) is 56.3 Å². The number of carbonyl (C=O) groups excluding carboxylic acids is 1. The summed E-state index contributed by atoms with van der Waals surface area (Å²) in [4.78, 5) is 16.9. The van der Waals surface area contributed by atoms with Crippen molar-refractivity contribution < 1.29 is 9.90 Å². The number of aryl methyl sites for hydroxylation is 1. The number of para-hydroxylation sites is 1. The molecule has 1 amide bonds. The van der Waals surface area contributed by atoms with Gasteiger partial charge in [0.15, 0.2) is 0 Å². The maximum atomic E-state index is 11.8. The summed E-state index contributed by atoms with van der Waals surface area (Å²) < 4.78 is 0. The Hall–Kier alpha value is -1.81. The zero-order valence-corrected chi connectivity index (χ0v) is 11.5. The number of aromatic amines is 1. The molecule has 4 heteroatoms. The Balaban J connectivity index is 1.57. The molecule has 1 aliphatic heterocycles. The summed E-state index contributed by atoms with van der Waals surface area (Å²) in [5, 5.41) is 10.4. The minimum atomic E-state index is 0.116. The Morgan fingerprint density at radius 1 is 1.35 bits per heavy atom. The van der Waals surface area contributed by atoms with Gasteiger partial charge in [-0.25, -0.2) is 0 Å². The van der Waals surface area contributed by atoms with E-state index in [1.165, 1.54) is 16.5 Å². The first kappa shape index (κ1) is 13.2. The number of aliphatic hydroxyl groups excluding tert-OH is 1. The number of aliphatic hydroxyl groups is 1. The van der Waals surface area contributed by atoms with E-state index < -0.39 is 0 Å². The molecule has 0 spiro atoms. The number of hydrogen-bond donors (Lipinski definition) is 2. The summed E-state index contributed by atoms with van der Waals surface area (Å²) in [5.41, 5.74) is 2.48. The van der Waals surface area contributed by atoms with Crippen LogP contribution >= 0.6 is 0 Å². The molecule has 20 heavy (non-hydrogen) atoms. The van der Waals surface area contributed by atoms with Crippen molar-refractivity contribution in [3.8, 4) is 0 Å². The van der Waals surface area contributed by atoms with Crippen molar-refractivity contribution in [2.45, 2.75) is 19.3 Å². The third-order valence-electron chi connectivity index (χ3n) is 4.10. The van der Waals surface area contributed by atoms with Crippen LogP contribution in [-0.4, -0.2) is 40.6 Å². The zero-order valence-electron chi connectivity index (χ0n) is 11.5. The lowest BCUT2D eigenvalue weighted by atomic mass is 10.1. The molecule has 106 valence electrons. The number of rotatable bonds is 5. The highest BCUT2D eigenvalue weighted by Crippen LogP contribution is 2.21. The number of nitrogens with one attached hydrogen (secondary N) is 1. The number of carbonyl (C=O) groups is 1. The number of amides is 1. The van der Waals surface area contributed by atoms with Crippen molar-refractivity contribution in [2.75, 3.05) is 19.7 Å². The van der Waals surface area contributed by atoms with E-state index in [2.05, 4.69) is 29.4 Å². The molecule has 1 aliphatic rings. The lowest BCUT2D eigenvalue weighted by molar-refractivity contribution is -0.127. The largest absolute Gasteiger partial charge is 0.396 e. The highest BCUT2D eigenvalue weighted by Gasteiger charge is 2.28. The van der Waals surface area contributed by atoms with Crippen LogP contribution in [0.1, 0.15) is 18.4 Å². The Bertz CT molecular complexity index is 605. The van der Waals surface area contributed by atoms with E-state index in [-0.39, 0.29) is 18.4 Å². The van der Waals surface area contributed by atoms with E-state index in [0.29, 0.717) is 13.0 Å². The van der Waals surface area contributed by atoms with Gasteiger partial charge in [-0.05, 0) is 24.5 Å². The average Bonchev–Trinajstić information content (AvgIpc) is 3.04. The molecule has 4 nitrogen and oxygen atoms in total. The van der Waals surface area contributed by atoms with E-state index >= 15 is 0 Å². The fraction of sp³-hybridized carbons (Fsp3) is 0.438. The predicted octanol–water partition coefficient (Wildman–Crippen LogP) is 1.94. The zero-order chi connectivity index (χ0) is 13.9. The molecule has 3 rings (SSSR count). The first-order valence-electron chi connectivity index (χ1n) is 7.21. The van der Waals surface area contributed by atoms with Crippen LogP contribution in [0.25, 0.3) is 10.9 Å². The Kier molecular flexibility index (Phi) is 3.74. The van der Waals surface area contributed by atoms with Crippen LogP contribution in [0.4, 0.5) is 0 Å². The molecule has 2 heterocycles. The van der Waals surface area contributed by atoms with Gasteiger partial charge in [0.05, 0.1) is 0 Å². The summed E-state index contributed by atoms with van der Waals surface area (Å²) in [5.74, 6) is 0.318. The first-order valence-corrected chi connectivity index (χ1v) is 7.21. The number of likely N-dealkylation sites (tertiary alicyclic amines) is 1.